The minimum Gasteiger partial charge on any atom is -0.454 e. The normalized spacial score (nSPS) is 17.0. The molecule has 0 bridgehead atoms. The number of H-pyrrole nitrogens is 1. The molecule has 2 aliphatic rings. The van der Waals surface area contributed by atoms with E-state index in [9.17, 15) is 4.79 Å². The van der Waals surface area contributed by atoms with Gasteiger partial charge in [-0.05, 0) is 30.0 Å². The lowest BCUT2D eigenvalue weighted by Crippen LogP contribution is -2.35. The molecule has 1 amide bonds. The van der Waals surface area contributed by atoms with Crippen LogP contribution in [-0.4, -0.2) is 47.9 Å². The van der Waals surface area contributed by atoms with Crippen LogP contribution in [0.25, 0.3) is 0 Å². The Morgan fingerprint density at radius 2 is 2.23 bits per heavy atom. The number of carbonyl (C=O) groups is 1. The summed E-state index contributed by atoms with van der Waals surface area (Å²) in [6, 6.07) is 6.17. The number of nitrogens with one attached hydrogen (secondary N) is 2. The number of fused-ring (bicyclic) bond motifs is 2. The van der Waals surface area contributed by atoms with Crippen molar-refractivity contribution in [3.63, 3.8) is 0 Å². The van der Waals surface area contributed by atoms with Gasteiger partial charge in [0.2, 0.25) is 6.79 Å². The lowest BCUT2D eigenvalue weighted by Gasteiger charge is -2.29. The molecule has 2 aliphatic heterocycles. The van der Waals surface area contributed by atoms with Gasteiger partial charge >= 0.3 is 0 Å². The number of nitrogens with zero attached hydrogens (tertiary/aromatic N) is 2. The fourth-order valence-corrected chi connectivity index (χ4v) is 3.79. The summed E-state index contributed by atoms with van der Waals surface area (Å²) in [5, 5.41) is 9.87. The summed E-state index contributed by atoms with van der Waals surface area (Å²) in [6.07, 6.45) is 1.88. The van der Waals surface area contributed by atoms with Gasteiger partial charge in [0.25, 0.3) is 5.91 Å². The molecule has 1 aromatic carbocycles. The Bertz CT molecular complexity index is 817. The fourth-order valence-electron chi connectivity index (χ4n) is 3.79. The van der Waals surface area contributed by atoms with Crippen molar-refractivity contribution in [2.24, 2.45) is 5.92 Å². The molecular formula is C19H24N4O3. The van der Waals surface area contributed by atoms with Crippen molar-refractivity contribution in [2.75, 3.05) is 26.9 Å². The van der Waals surface area contributed by atoms with Gasteiger partial charge in [0, 0.05) is 44.4 Å². The topological polar surface area (TPSA) is 79.5 Å². The molecule has 0 aliphatic carbocycles. The molecule has 2 N–H and O–H groups in total. The predicted octanol–water partition coefficient (Wildman–Crippen LogP) is 1.73. The second-order valence-corrected chi connectivity index (χ2v) is 7.09. The van der Waals surface area contributed by atoms with Crippen LogP contribution in [0.4, 0.5) is 0 Å². The first-order chi connectivity index (χ1) is 12.6. The smallest absolute Gasteiger partial charge is 0.271 e. The zero-order valence-corrected chi connectivity index (χ0v) is 15.2. The summed E-state index contributed by atoms with van der Waals surface area (Å²) >= 11 is 0. The highest BCUT2D eigenvalue weighted by molar-refractivity contribution is 5.93. The Morgan fingerprint density at radius 1 is 1.38 bits per heavy atom. The summed E-state index contributed by atoms with van der Waals surface area (Å²) < 4.78 is 10.8. The Balaban J connectivity index is 1.39. The molecule has 138 valence electrons. The fraction of sp³-hybridized carbons (Fsp3) is 0.474. The molecule has 7 heteroatoms. The first-order valence-electron chi connectivity index (χ1n) is 9.03. The van der Waals surface area contributed by atoms with E-state index in [4.69, 9.17) is 9.47 Å². The zero-order chi connectivity index (χ0) is 18.1. The lowest BCUT2D eigenvalue weighted by molar-refractivity contribution is 0.0955. The van der Waals surface area contributed by atoms with Crippen LogP contribution in [0.5, 0.6) is 11.5 Å². The maximum Gasteiger partial charge on any atom is 0.271 e. The van der Waals surface area contributed by atoms with Crippen LogP contribution in [0.3, 0.4) is 0 Å². The van der Waals surface area contributed by atoms with Crippen molar-refractivity contribution < 1.29 is 14.3 Å². The van der Waals surface area contributed by atoms with E-state index in [1.54, 1.807) is 7.05 Å². The van der Waals surface area contributed by atoms with Crippen LogP contribution >= 0.6 is 0 Å². The van der Waals surface area contributed by atoms with Crippen LogP contribution in [0.1, 0.15) is 34.2 Å². The van der Waals surface area contributed by atoms with Gasteiger partial charge in [-0.25, -0.2) is 0 Å². The molecule has 0 spiro atoms. The summed E-state index contributed by atoms with van der Waals surface area (Å²) in [4.78, 5) is 14.4. The Kier molecular flexibility index (Phi) is 4.55. The van der Waals surface area contributed by atoms with Gasteiger partial charge in [-0.2, -0.15) is 5.10 Å². The number of aromatic nitrogens is 2. The average Bonchev–Trinajstić information content (AvgIpc) is 3.26. The number of rotatable bonds is 5. The predicted molar refractivity (Wildman–Crippen MR) is 96.4 cm³/mol. The molecule has 0 saturated carbocycles. The maximum atomic E-state index is 12.0. The minimum atomic E-state index is -0.127. The SMILES string of the molecule is CNC(=O)c1n[nH]c2c1CN(CC(C)Cc1ccc3c(c1)OCO3)CC2. The quantitative estimate of drug-likeness (QED) is 0.853. The molecule has 0 fully saturated rings. The number of carbonyl (C=O) groups excluding carboxylic acids is 1. The van der Waals surface area contributed by atoms with E-state index in [1.807, 2.05) is 6.07 Å². The Labute approximate surface area is 152 Å². The van der Waals surface area contributed by atoms with E-state index in [2.05, 4.69) is 39.5 Å². The molecule has 1 aromatic heterocycles. The third kappa shape index (κ3) is 3.26. The van der Waals surface area contributed by atoms with E-state index >= 15 is 0 Å². The molecule has 0 radical (unpaired) electrons. The van der Waals surface area contributed by atoms with Gasteiger partial charge in [-0.15, -0.1) is 0 Å². The highest BCUT2D eigenvalue weighted by Gasteiger charge is 2.25. The van der Waals surface area contributed by atoms with Gasteiger partial charge in [0.15, 0.2) is 17.2 Å². The second-order valence-electron chi connectivity index (χ2n) is 7.09. The molecule has 0 saturated heterocycles. The standard InChI is InChI=1S/C19H24N4O3/c1-12(7-13-3-4-16-17(8-13)26-11-25-16)9-23-6-5-15-14(10-23)18(22-21-15)19(24)20-2/h3-4,8,12H,5-7,9-11H2,1-2H3,(H,20,24)(H,21,22). The third-order valence-corrected chi connectivity index (χ3v) is 5.05. The largest absolute Gasteiger partial charge is 0.454 e. The number of amides is 1. The Morgan fingerprint density at radius 3 is 3.08 bits per heavy atom. The second kappa shape index (κ2) is 6.99. The van der Waals surface area contributed by atoms with E-state index in [0.717, 1.165) is 55.2 Å². The van der Waals surface area contributed by atoms with Crippen LogP contribution in [0.2, 0.25) is 0 Å². The van der Waals surface area contributed by atoms with Crippen LogP contribution in [0, 0.1) is 5.92 Å². The molecule has 1 unspecified atom stereocenters. The molecule has 3 heterocycles. The van der Waals surface area contributed by atoms with Gasteiger partial charge in [0.05, 0.1) is 0 Å². The van der Waals surface area contributed by atoms with Crippen molar-refractivity contribution >= 4 is 5.91 Å². The number of ether oxygens (including phenoxy) is 2. The number of benzene rings is 1. The summed E-state index contributed by atoms with van der Waals surface area (Å²) in [5.41, 5.74) is 3.90. The number of hydrogen-bond acceptors (Lipinski definition) is 5. The molecular weight excluding hydrogens is 332 g/mol. The van der Waals surface area contributed by atoms with Crippen molar-refractivity contribution in [1.82, 2.24) is 20.4 Å². The van der Waals surface area contributed by atoms with Crippen LogP contribution < -0.4 is 14.8 Å². The summed E-state index contributed by atoms with van der Waals surface area (Å²) in [6.45, 7) is 5.29. The van der Waals surface area contributed by atoms with Crippen LogP contribution in [-0.2, 0) is 19.4 Å². The first-order valence-corrected chi connectivity index (χ1v) is 9.03. The summed E-state index contributed by atoms with van der Waals surface area (Å²) in [7, 11) is 1.64. The van der Waals surface area contributed by atoms with Gasteiger partial charge < -0.3 is 14.8 Å². The maximum absolute atomic E-state index is 12.0. The highest BCUT2D eigenvalue weighted by Crippen LogP contribution is 2.33. The minimum absolute atomic E-state index is 0.127. The summed E-state index contributed by atoms with van der Waals surface area (Å²) in [5.74, 6) is 2.03. The average molecular weight is 356 g/mol. The van der Waals surface area contributed by atoms with Crippen LogP contribution in [0.15, 0.2) is 18.2 Å². The van der Waals surface area contributed by atoms with E-state index < -0.39 is 0 Å². The molecule has 26 heavy (non-hydrogen) atoms. The lowest BCUT2D eigenvalue weighted by atomic mass is 9.98. The first kappa shape index (κ1) is 16.9. The number of aromatic amines is 1. The molecule has 1 atom stereocenters. The van der Waals surface area contributed by atoms with Crippen molar-refractivity contribution in [2.45, 2.75) is 26.3 Å². The number of hydrogen-bond donors (Lipinski definition) is 2. The van der Waals surface area contributed by atoms with Gasteiger partial charge in [0.1, 0.15) is 0 Å². The van der Waals surface area contributed by atoms with E-state index in [1.165, 1.54) is 5.56 Å². The van der Waals surface area contributed by atoms with Crippen molar-refractivity contribution in [3.8, 4) is 11.5 Å². The van der Waals surface area contributed by atoms with Gasteiger partial charge in [-0.3, -0.25) is 14.8 Å². The molecule has 4 rings (SSSR count). The Hall–Kier alpha value is -2.54. The third-order valence-electron chi connectivity index (χ3n) is 5.05. The van der Waals surface area contributed by atoms with Crippen molar-refractivity contribution in [3.05, 3.63) is 40.7 Å². The zero-order valence-electron chi connectivity index (χ0n) is 15.2. The van der Waals surface area contributed by atoms with Gasteiger partial charge in [-0.1, -0.05) is 13.0 Å². The molecule has 2 aromatic rings. The highest BCUT2D eigenvalue weighted by atomic mass is 16.7. The van der Waals surface area contributed by atoms with E-state index in [-0.39, 0.29) is 5.91 Å². The monoisotopic (exact) mass is 356 g/mol. The van der Waals surface area contributed by atoms with Crippen molar-refractivity contribution in [1.29, 1.82) is 0 Å². The molecule has 7 nitrogen and oxygen atoms in total. The van der Waals surface area contributed by atoms with E-state index in [0.29, 0.717) is 18.4 Å².